The average molecular weight is 373 g/mol. The number of aryl methyl sites for hydroxylation is 1. The number of nitrogens with one attached hydrogen (secondary N) is 1. The van der Waals surface area contributed by atoms with Gasteiger partial charge < -0.3 is 5.32 Å². The Balaban J connectivity index is 2.31. The Labute approximate surface area is 138 Å². The summed E-state index contributed by atoms with van der Waals surface area (Å²) in [6.45, 7) is 2.04. The summed E-state index contributed by atoms with van der Waals surface area (Å²) in [5.74, 6) is 0. The highest BCUT2D eigenvalue weighted by molar-refractivity contribution is 9.10. The third-order valence-electron chi connectivity index (χ3n) is 3.31. The molecule has 106 valence electrons. The molecule has 2 aromatic rings. The van der Waals surface area contributed by atoms with Crippen molar-refractivity contribution in [2.45, 2.75) is 19.4 Å². The first-order valence-corrected chi connectivity index (χ1v) is 7.93. The van der Waals surface area contributed by atoms with Crippen LogP contribution in [0.4, 0.5) is 0 Å². The highest BCUT2D eigenvalue weighted by Gasteiger charge is 2.15. The van der Waals surface area contributed by atoms with Crippen LogP contribution in [0, 0.1) is 6.92 Å². The van der Waals surface area contributed by atoms with Gasteiger partial charge in [-0.2, -0.15) is 0 Å². The number of halogens is 3. The maximum absolute atomic E-state index is 6.32. The Morgan fingerprint density at radius 1 is 1.10 bits per heavy atom. The van der Waals surface area contributed by atoms with Crippen LogP contribution < -0.4 is 5.32 Å². The van der Waals surface area contributed by atoms with Crippen molar-refractivity contribution in [2.75, 3.05) is 7.05 Å². The standard InChI is InChI=1S/C16H16BrCl2N/c1-10-3-4-11(15(19)7-10)8-16(20-2)13-9-12(17)5-6-14(13)18/h3-7,9,16,20H,8H2,1-2H3. The van der Waals surface area contributed by atoms with Crippen molar-refractivity contribution in [3.8, 4) is 0 Å². The lowest BCUT2D eigenvalue weighted by molar-refractivity contribution is 0.592. The predicted molar refractivity (Wildman–Crippen MR) is 90.8 cm³/mol. The van der Waals surface area contributed by atoms with Crippen molar-refractivity contribution in [2.24, 2.45) is 0 Å². The van der Waals surface area contributed by atoms with Crippen molar-refractivity contribution < 1.29 is 0 Å². The molecule has 0 fully saturated rings. The Kier molecular flexibility index (Phi) is 5.50. The normalized spacial score (nSPS) is 12.4. The van der Waals surface area contributed by atoms with Crippen LogP contribution >= 0.6 is 39.1 Å². The fourth-order valence-electron chi connectivity index (χ4n) is 2.19. The van der Waals surface area contributed by atoms with Gasteiger partial charge in [-0.25, -0.2) is 0 Å². The molecule has 1 atom stereocenters. The smallest absolute Gasteiger partial charge is 0.0454 e. The van der Waals surface area contributed by atoms with Crippen LogP contribution in [-0.4, -0.2) is 7.05 Å². The molecule has 0 saturated carbocycles. The summed E-state index contributed by atoms with van der Waals surface area (Å²) in [6.07, 6.45) is 0.797. The molecule has 0 bridgehead atoms. The second-order valence-electron chi connectivity index (χ2n) is 4.81. The van der Waals surface area contributed by atoms with E-state index in [1.807, 2.05) is 38.2 Å². The summed E-state index contributed by atoms with van der Waals surface area (Å²) in [7, 11) is 1.93. The molecule has 1 nitrogen and oxygen atoms in total. The van der Waals surface area contributed by atoms with Crippen LogP contribution in [0.25, 0.3) is 0 Å². The Bertz CT molecular complexity index is 613. The maximum Gasteiger partial charge on any atom is 0.0454 e. The van der Waals surface area contributed by atoms with Gasteiger partial charge in [0.2, 0.25) is 0 Å². The number of rotatable bonds is 4. The Hall–Kier alpha value is -0.540. The maximum atomic E-state index is 6.32. The number of benzene rings is 2. The van der Waals surface area contributed by atoms with Gasteiger partial charge in [-0.15, -0.1) is 0 Å². The van der Waals surface area contributed by atoms with Crippen LogP contribution in [-0.2, 0) is 6.42 Å². The highest BCUT2D eigenvalue weighted by Crippen LogP contribution is 2.30. The molecule has 2 aromatic carbocycles. The highest BCUT2D eigenvalue weighted by atomic mass is 79.9. The minimum absolute atomic E-state index is 0.125. The average Bonchev–Trinajstić information content (AvgIpc) is 2.41. The Morgan fingerprint density at radius 3 is 2.50 bits per heavy atom. The second kappa shape index (κ2) is 6.95. The van der Waals surface area contributed by atoms with Crippen LogP contribution in [0.1, 0.15) is 22.7 Å². The Morgan fingerprint density at radius 2 is 1.85 bits per heavy atom. The summed E-state index contributed by atoms with van der Waals surface area (Å²) < 4.78 is 1.02. The summed E-state index contributed by atoms with van der Waals surface area (Å²) >= 11 is 16.1. The minimum atomic E-state index is 0.125. The van der Waals surface area contributed by atoms with E-state index in [-0.39, 0.29) is 6.04 Å². The molecule has 0 aliphatic rings. The lowest BCUT2D eigenvalue weighted by atomic mass is 9.98. The monoisotopic (exact) mass is 371 g/mol. The molecule has 0 aliphatic carbocycles. The van der Waals surface area contributed by atoms with Crippen molar-refractivity contribution in [3.63, 3.8) is 0 Å². The molecule has 0 aliphatic heterocycles. The van der Waals surface area contributed by atoms with E-state index in [4.69, 9.17) is 23.2 Å². The molecule has 2 rings (SSSR count). The van der Waals surface area contributed by atoms with Gasteiger partial charge >= 0.3 is 0 Å². The van der Waals surface area contributed by atoms with E-state index >= 15 is 0 Å². The zero-order valence-electron chi connectivity index (χ0n) is 11.4. The first-order chi connectivity index (χ1) is 9.51. The molecular formula is C16H16BrCl2N. The van der Waals surface area contributed by atoms with Crippen LogP contribution in [0.15, 0.2) is 40.9 Å². The van der Waals surface area contributed by atoms with Gasteiger partial charge in [0.15, 0.2) is 0 Å². The van der Waals surface area contributed by atoms with Crippen LogP contribution in [0.3, 0.4) is 0 Å². The van der Waals surface area contributed by atoms with E-state index in [0.717, 1.165) is 32.1 Å². The van der Waals surface area contributed by atoms with E-state index in [1.165, 1.54) is 5.56 Å². The zero-order chi connectivity index (χ0) is 14.7. The van der Waals surface area contributed by atoms with Gasteiger partial charge in [-0.1, -0.05) is 51.3 Å². The van der Waals surface area contributed by atoms with E-state index < -0.39 is 0 Å². The van der Waals surface area contributed by atoms with Gasteiger partial charge in [-0.3, -0.25) is 0 Å². The zero-order valence-corrected chi connectivity index (χ0v) is 14.5. The third-order valence-corrected chi connectivity index (χ3v) is 4.50. The molecule has 0 amide bonds. The number of hydrogen-bond donors (Lipinski definition) is 1. The van der Waals surface area contributed by atoms with Gasteiger partial charge in [0, 0.05) is 20.6 Å². The molecule has 1 unspecified atom stereocenters. The molecule has 0 aromatic heterocycles. The van der Waals surface area contributed by atoms with E-state index in [1.54, 1.807) is 0 Å². The number of likely N-dealkylation sites (N-methyl/N-ethyl adjacent to an activating group) is 1. The summed E-state index contributed by atoms with van der Waals surface area (Å²) in [5, 5.41) is 4.87. The summed E-state index contributed by atoms with van der Waals surface area (Å²) in [4.78, 5) is 0. The van der Waals surface area contributed by atoms with E-state index in [9.17, 15) is 0 Å². The van der Waals surface area contributed by atoms with Crippen LogP contribution in [0.2, 0.25) is 10.0 Å². The fraction of sp³-hybridized carbons (Fsp3) is 0.250. The van der Waals surface area contributed by atoms with Gasteiger partial charge in [0.25, 0.3) is 0 Å². The van der Waals surface area contributed by atoms with Crippen LogP contribution in [0.5, 0.6) is 0 Å². The lowest BCUT2D eigenvalue weighted by Crippen LogP contribution is -2.19. The first kappa shape index (κ1) is 15.8. The summed E-state index contributed by atoms with van der Waals surface area (Å²) in [6, 6.07) is 12.2. The van der Waals surface area contributed by atoms with Gasteiger partial charge in [-0.05, 0) is 61.3 Å². The van der Waals surface area contributed by atoms with E-state index in [0.29, 0.717) is 0 Å². The molecule has 0 spiro atoms. The van der Waals surface area contributed by atoms with Crippen molar-refractivity contribution in [3.05, 3.63) is 67.6 Å². The topological polar surface area (TPSA) is 12.0 Å². The SMILES string of the molecule is CNC(Cc1ccc(C)cc1Cl)c1cc(Br)ccc1Cl. The van der Waals surface area contributed by atoms with E-state index in [2.05, 4.69) is 33.4 Å². The number of hydrogen-bond acceptors (Lipinski definition) is 1. The van der Waals surface area contributed by atoms with Gasteiger partial charge in [0.1, 0.15) is 0 Å². The third kappa shape index (κ3) is 3.76. The molecule has 0 radical (unpaired) electrons. The fourth-order valence-corrected chi connectivity index (χ4v) is 3.13. The van der Waals surface area contributed by atoms with Gasteiger partial charge in [0.05, 0.1) is 0 Å². The second-order valence-corrected chi connectivity index (χ2v) is 6.54. The molecule has 20 heavy (non-hydrogen) atoms. The molecule has 0 saturated heterocycles. The predicted octanol–water partition coefficient (Wildman–Crippen LogP) is 5.57. The van der Waals surface area contributed by atoms with Crippen molar-refractivity contribution >= 4 is 39.1 Å². The van der Waals surface area contributed by atoms with Crippen molar-refractivity contribution in [1.82, 2.24) is 5.32 Å². The molecule has 1 N–H and O–H groups in total. The molecule has 4 heteroatoms. The lowest BCUT2D eigenvalue weighted by Gasteiger charge is -2.19. The quantitative estimate of drug-likeness (QED) is 0.739. The van der Waals surface area contributed by atoms with Crippen molar-refractivity contribution in [1.29, 1.82) is 0 Å². The molecule has 0 heterocycles. The molecular weight excluding hydrogens is 357 g/mol. The first-order valence-electron chi connectivity index (χ1n) is 6.38. The summed E-state index contributed by atoms with van der Waals surface area (Å²) in [5.41, 5.74) is 3.35. The minimum Gasteiger partial charge on any atom is -0.313 e. The largest absolute Gasteiger partial charge is 0.313 e.